The number of hydrogen-bond donors (Lipinski definition) is 1. The molecule has 0 saturated heterocycles. The maximum Gasteiger partial charge on any atom is 0.341 e. The topological polar surface area (TPSA) is 111 Å². The minimum Gasteiger partial charge on any atom is -0.462 e. The van der Waals surface area contributed by atoms with Gasteiger partial charge in [-0.2, -0.15) is 0 Å². The van der Waals surface area contributed by atoms with E-state index in [1.165, 1.54) is 12.1 Å². The van der Waals surface area contributed by atoms with Gasteiger partial charge >= 0.3 is 12.0 Å². The molecule has 1 aromatic rings. The average Bonchev–Trinajstić information content (AvgIpc) is 2.89. The van der Waals surface area contributed by atoms with Crippen molar-refractivity contribution in [1.82, 2.24) is 5.32 Å². The van der Waals surface area contributed by atoms with Gasteiger partial charge in [0.15, 0.2) is 0 Å². The summed E-state index contributed by atoms with van der Waals surface area (Å²) < 4.78 is 5.75. The first-order chi connectivity index (χ1) is 13.0. The number of carbonyl (C=O) groups excluding carboxylic acids is 2. The molecule has 0 bridgehead atoms. The number of nitrogens with zero attached hydrogens (tertiary/aromatic N) is 2. The third-order valence-electron chi connectivity index (χ3n) is 5.14. The van der Waals surface area contributed by atoms with E-state index in [2.05, 4.69) is 10.3 Å². The minimum absolute atomic E-state index is 0.0520. The first kappa shape index (κ1) is 19.0. The Morgan fingerprint density at radius 3 is 2.41 bits per heavy atom. The van der Waals surface area contributed by atoms with Crippen LogP contribution in [0.25, 0.3) is 0 Å². The zero-order valence-electron chi connectivity index (χ0n) is 15.2. The summed E-state index contributed by atoms with van der Waals surface area (Å²) in [6, 6.07) is 4.62. The number of nitrogens with one attached hydrogen (secondary N) is 1. The highest BCUT2D eigenvalue weighted by Gasteiger charge is 2.39. The molecular weight excluding hydrogens is 350 g/mol. The fourth-order valence-corrected chi connectivity index (χ4v) is 3.70. The number of aliphatic imine (C=N–C) groups is 1. The molecule has 0 spiro atoms. The molecule has 8 nitrogen and oxygen atoms in total. The largest absolute Gasteiger partial charge is 0.462 e. The van der Waals surface area contributed by atoms with Gasteiger partial charge in [0, 0.05) is 17.8 Å². The number of benzene rings is 1. The number of amides is 2. The molecule has 144 valence electrons. The Hall–Kier alpha value is -2.77. The average molecular weight is 373 g/mol. The van der Waals surface area contributed by atoms with Crippen LogP contribution in [-0.4, -0.2) is 28.7 Å². The summed E-state index contributed by atoms with van der Waals surface area (Å²) in [7, 11) is 0. The molecule has 1 aliphatic heterocycles. The third kappa shape index (κ3) is 4.50. The van der Waals surface area contributed by atoms with Gasteiger partial charge < -0.3 is 10.1 Å². The van der Waals surface area contributed by atoms with E-state index in [1.807, 2.05) is 0 Å². The Morgan fingerprint density at radius 2 is 1.81 bits per heavy atom. The predicted molar refractivity (Wildman–Crippen MR) is 98.6 cm³/mol. The molecule has 1 aliphatic carbocycles. The van der Waals surface area contributed by atoms with Gasteiger partial charge in [-0.1, -0.05) is 25.0 Å². The van der Waals surface area contributed by atoms with Crippen molar-refractivity contribution in [2.45, 2.75) is 57.6 Å². The second-order valence-electron chi connectivity index (χ2n) is 7.06. The zero-order chi connectivity index (χ0) is 19.4. The number of rotatable bonds is 4. The van der Waals surface area contributed by atoms with Crippen molar-refractivity contribution >= 4 is 23.4 Å². The lowest BCUT2D eigenvalue weighted by Gasteiger charge is -2.31. The summed E-state index contributed by atoms with van der Waals surface area (Å²) in [5, 5.41) is 13.6. The van der Waals surface area contributed by atoms with Gasteiger partial charge in [0.25, 0.3) is 5.69 Å². The number of carbonyl (C=O) groups is 2. The normalized spacial score (nSPS) is 23.7. The summed E-state index contributed by atoms with van der Waals surface area (Å²) >= 11 is 0. The van der Waals surface area contributed by atoms with Gasteiger partial charge in [-0.3, -0.25) is 14.9 Å². The fourth-order valence-electron chi connectivity index (χ4n) is 3.70. The number of nitro benzene ring substituents is 1. The van der Waals surface area contributed by atoms with Gasteiger partial charge in [0.2, 0.25) is 0 Å². The van der Waals surface area contributed by atoms with E-state index in [1.54, 1.807) is 19.1 Å². The van der Waals surface area contributed by atoms with Crippen LogP contribution in [0.15, 0.2) is 29.3 Å². The molecule has 3 rings (SSSR count). The Bertz CT molecular complexity index is 751. The van der Waals surface area contributed by atoms with E-state index in [4.69, 9.17) is 4.74 Å². The lowest BCUT2D eigenvalue weighted by molar-refractivity contribution is -0.384. The summed E-state index contributed by atoms with van der Waals surface area (Å²) in [6.07, 6.45) is 5.98. The van der Waals surface area contributed by atoms with Crippen LogP contribution in [0.5, 0.6) is 0 Å². The highest BCUT2D eigenvalue weighted by molar-refractivity contribution is 6.08. The van der Waals surface area contributed by atoms with E-state index < -0.39 is 28.9 Å². The van der Waals surface area contributed by atoms with Gasteiger partial charge in [-0.25, -0.2) is 9.79 Å². The predicted octanol–water partition coefficient (Wildman–Crippen LogP) is 3.70. The van der Waals surface area contributed by atoms with Crippen LogP contribution in [0.1, 0.15) is 57.1 Å². The van der Waals surface area contributed by atoms with Crippen LogP contribution >= 0.6 is 0 Å². The molecule has 1 heterocycles. The third-order valence-corrected chi connectivity index (χ3v) is 5.14. The zero-order valence-corrected chi connectivity index (χ0v) is 15.2. The molecule has 2 aliphatic rings. The van der Waals surface area contributed by atoms with Crippen molar-refractivity contribution in [3.8, 4) is 0 Å². The maximum absolute atomic E-state index is 12.9. The summed E-state index contributed by atoms with van der Waals surface area (Å²) in [4.78, 5) is 39.0. The van der Waals surface area contributed by atoms with Gasteiger partial charge in [0.05, 0.1) is 11.0 Å². The van der Waals surface area contributed by atoms with Gasteiger partial charge in [-0.05, 0) is 38.2 Å². The van der Waals surface area contributed by atoms with E-state index in [-0.39, 0.29) is 11.8 Å². The maximum atomic E-state index is 12.9. The Balaban J connectivity index is 1.82. The van der Waals surface area contributed by atoms with E-state index >= 15 is 0 Å². The van der Waals surface area contributed by atoms with Crippen molar-refractivity contribution in [3.05, 3.63) is 39.9 Å². The van der Waals surface area contributed by atoms with E-state index in [0.29, 0.717) is 11.3 Å². The Kier molecular flexibility index (Phi) is 5.83. The summed E-state index contributed by atoms with van der Waals surface area (Å²) in [5.74, 6) is -1.15. The first-order valence-electron chi connectivity index (χ1n) is 9.26. The second-order valence-corrected chi connectivity index (χ2v) is 7.06. The number of non-ortho nitro benzene ring substituents is 1. The van der Waals surface area contributed by atoms with Crippen LogP contribution in [0.2, 0.25) is 0 Å². The van der Waals surface area contributed by atoms with Crippen molar-refractivity contribution in [2.24, 2.45) is 10.9 Å². The smallest absolute Gasteiger partial charge is 0.341 e. The van der Waals surface area contributed by atoms with E-state index in [9.17, 15) is 19.7 Å². The van der Waals surface area contributed by atoms with Crippen molar-refractivity contribution in [1.29, 1.82) is 0 Å². The van der Waals surface area contributed by atoms with Crippen LogP contribution in [-0.2, 0) is 9.53 Å². The molecule has 1 N–H and O–H groups in total. The van der Waals surface area contributed by atoms with Crippen LogP contribution in [0.4, 0.5) is 10.5 Å². The van der Waals surface area contributed by atoms with Crippen LogP contribution in [0, 0.1) is 16.0 Å². The standard InChI is InChI=1S/C19H23N3O5/c1-12-16(18(23)27-15-6-4-2-3-5-7-15)17(21-19(24)20-12)13-8-10-14(11-9-13)22(25)26/h8-11,15-17H,2-7H2,1H3,(H,21,24). The van der Waals surface area contributed by atoms with Gasteiger partial charge in [-0.15, -0.1) is 0 Å². The van der Waals surface area contributed by atoms with Crippen molar-refractivity contribution in [3.63, 3.8) is 0 Å². The Labute approximate surface area is 157 Å². The monoisotopic (exact) mass is 373 g/mol. The molecule has 8 heteroatoms. The number of hydrogen-bond acceptors (Lipinski definition) is 5. The molecule has 2 unspecified atom stereocenters. The molecule has 1 aromatic carbocycles. The number of ether oxygens (including phenoxy) is 1. The number of esters is 1. The molecule has 0 aromatic heterocycles. The van der Waals surface area contributed by atoms with Crippen molar-refractivity contribution < 1.29 is 19.2 Å². The molecular formula is C19H23N3O5. The molecule has 1 fully saturated rings. The molecule has 27 heavy (non-hydrogen) atoms. The van der Waals surface area contributed by atoms with Gasteiger partial charge in [0.1, 0.15) is 12.0 Å². The number of urea groups is 1. The minimum atomic E-state index is -0.743. The molecule has 0 radical (unpaired) electrons. The highest BCUT2D eigenvalue weighted by atomic mass is 16.6. The molecule has 1 saturated carbocycles. The second kappa shape index (κ2) is 8.28. The fraction of sp³-hybridized carbons (Fsp3) is 0.526. The van der Waals surface area contributed by atoms with Crippen LogP contribution in [0.3, 0.4) is 0 Å². The van der Waals surface area contributed by atoms with Crippen LogP contribution < -0.4 is 5.32 Å². The Morgan fingerprint density at radius 1 is 1.19 bits per heavy atom. The van der Waals surface area contributed by atoms with Crippen molar-refractivity contribution in [2.75, 3.05) is 0 Å². The first-order valence-corrected chi connectivity index (χ1v) is 9.26. The lowest BCUT2D eigenvalue weighted by Crippen LogP contribution is -2.45. The lowest BCUT2D eigenvalue weighted by atomic mass is 9.88. The van der Waals surface area contributed by atoms with E-state index in [0.717, 1.165) is 38.5 Å². The molecule has 2 amide bonds. The molecule has 2 atom stereocenters. The summed E-state index contributed by atoms with van der Waals surface area (Å²) in [6.45, 7) is 1.64. The SMILES string of the molecule is CC1=NC(=O)NC(c2ccc([N+](=O)[O-])cc2)C1C(=O)OC1CCCCCC1. The quantitative estimate of drug-likeness (QED) is 0.374. The number of nitro groups is 1. The highest BCUT2D eigenvalue weighted by Crippen LogP contribution is 2.30. The summed E-state index contributed by atoms with van der Waals surface area (Å²) in [5.41, 5.74) is 0.940.